The van der Waals surface area contributed by atoms with Crippen molar-refractivity contribution in [1.82, 2.24) is 4.98 Å². The summed E-state index contributed by atoms with van der Waals surface area (Å²) in [7, 11) is 1.45. The molecule has 0 saturated carbocycles. The number of anilines is 1. The summed E-state index contributed by atoms with van der Waals surface area (Å²) in [5.74, 6) is -0.233. The van der Waals surface area contributed by atoms with Gasteiger partial charge in [-0.05, 0) is 22.0 Å². The summed E-state index contributed by atoms with van der Waals surface area (Å²) in [6.07, 6.45) is 0. The minimum Gasteiger partial charge on any atom is -0.480 e. The van der Waals surface area contributed by atoms with Crippen LogP contribution in [-0.2, 0) is 0 Å². The van der Waals surface area contributed by atoms with Gasteiger partial charge in [0.15, 0.2) is 0 Å². The second kappa shape index (κ2) is 3.61. The van der Waals surface area contributed by atoms with Gasteiger partial charge in [-0.3, -0.25) is 4.79 Å². The molecule has 0 aliphatic heterocycles. The highest BCUT2D eigenvalue weighted by Gasteiger charge is 2.11. The number of amides is 1. The Kier molecular flexibility index (Phi) is 2.72. The van der Waals surface area contributed by atoms with Crippen molar-refractivity contribution < 1.29 is 9.53 Å². The third-order valence-electron chi connectivity index (χ3n) is 1.43. The van der Waals surface area contributed by atoms with E-state index in [9.17, 15) is 4.79 Å². The highest BCUT2D eigenvalue weighted by atomic mass is 79.9. The molecule has 0 unspecified atom stereocenters. The summed E-state index contributed by atoms with van der Waals surface area (Å²) in [5.41, 5.74) is 10.7. The second-order valence-corrected chi connectivity index (χ2v) is 3.13. The number of aromatic nitrogens is 1. The highest BCUT2D eigenvalue weighted by molar-refractivity contribution is 9.10. The largest absolute Gasteiger partial charge is 0.480 e. The molecule has 0 fully saturated rings. The summed E-state index contributed by atoms with van der Waals surface area (Å²) in [4.78, 5) is 14.6. The first-order valence-corrected chi connectivity index (χ1v) is 4.15. The number of carbonyl (C=O) groups excluding carboxylic acids is 1. The first-order valence-electron chi connectivity index (χ1n) is 3.36. The maximum Gasteiger partial charge on any atom is 0.252 e. The lowest BCUT2D eigenvalue weighted by Crippen LogP contribution is -2.14. The van der Waals surface area contributed by atoms with Gasteiger partial charge in [0.1, 0.15) is 5.82 Å². The van der Waals surface area contributed by atoms with E-state index in [-0.39, 0.29) is 11.4 Å². The molecule has 0 aromatic carbocycles. The standard InChI is InChI=1S/C7H8BrN3O2/c1-13-7-4(8)2-3(6(10)12)5(9)11-7/h2H,1H3,(H2,9,11)(H2,10,12). The molecule has 1 rings (SSSR count). The normalized spacial score (nSPS) is 9.69. The average Bonchev–Trinajstić information content (AvgIpc) is 2.07. The number of methoxy groups -OCH3 is 1. The molecule has 1 heterocycles. The lowest BCUT2D eigenvalue weighted by molar-refractivity contribution is 0.100. The first kappa shape index (κ1) is 9.79. The molecule has 0 aliphatic rings. The van der Waals surface area contributed by atoms with Crippen molar-refractivity contribution >= 4 is 27.7 Å². The number of nitrogen functional groups attached to an aromatic ring is 1. The van der Waals surface area contributed by atoms with E-state index in [0.29, 0.717) is 10.4 Å². The first-order chi connectivity index (χ1) is 6.06. The predicted molar refractivity (Wildman–Crippen MR) is 51.4 cm³/mol. The van der Waals surface area contributed by atoms with Gasteiger partial charge in [0.05, 0.1) is 17.1 Å². The van der Waals surface area contributed by atoms with E-state index in [1.165, 1.54) is 13.2 Å². The fraction of sp³-hybridized carbons (Fsp3) is 0.143. The van der Waals surface area contributed by atoms with Crippen LogP contribution in [0, 0.1) is 0 Å². The van der Waals surface area contributed by atoms with Gasteiger partial charge in [0.25, 0.3) is 5.91 Å². The van der Waals surface area contributed by atoms with Crippen molar-refractivity contribution in [1.29, 1.82) is 0 Å². The minimum absolute atomic E-state index is 0.0625. The number of carbonyl (C=O) groups is 1. The van der Waals surface area contributed by atoms with Crippen molar-refractivity contribution in [2.24, 2.45) is 5.73 Å². The van der Waals surface area contributed by atoms with Crippen LogP contribution < -0.4 is 16.2 Å². The van der Waals surface area contributed by atoms with Crippen molar-refractivity contribution in [2.75, 3.05) is 12.8 Å². The Labute approximate surface area is 83.2 Å². The third-order valence-corrected chi connectivity index (χ3v) is 2.00. The van der Waals surface area contributed by atoms with Gasteiger partial charge in [0.2, 0.25) is 5.88 Å². The van der Waals surface area contributed by atoms with Gasteiger partial charge in [-0.1, -0.05) is 0 Å². The number of nitrogens with zero attached hydrogens (tertiary/aromatic N) is 1. The van der Waals surface area contributed by atoms with Crippen molar-refractivity contribution in [3.63, 3.8) is 0 Å². The average molecular weight is 246 g/mol. The Morgan fingerprint density at radius 2 is 2.31 bits per heavy atom. The fourth-order valence-electron chi connectivity index (χ4n) is 0.826. The van der Waals surface area contributed by atoms with E-state index in [4.69, 9.17) is 16.2 Å². The summed E-state index contributed by atoms with van der Waals surface area (Å²) < 4.78 is 5.41. The van der Waals surface area contributed by atoms with E-state index in [0.717, 1.165) is 0 Å². The monoisotopic (exact) mass is 245 g/mol. The summed E-state index contributed by atoms with van der Waals surface area (Å²) in [6, 6.07) is 1.48. The Bertz CT molecular complexity index is 354. The number of hydrogen-bond acceptors (Lipinski definition) is 4. The van der Waals surface area contributed by atoms with Gasteiger partial charge >= 0.3 is 0 Å². The number of halogens is 1. The Morgan fingerprint density at radius 3 is 2.77 bits per heavy atom. The molecule has 0 bridgehead atoms. The van der Waals surface area contributed by atoms with Crippen LogP contribution in [0.25, 0.3) is 0 Å². The molecule has 0 saturated heterocycles. The van der Waals surface area contributed by atoms with E-state index >= 15 is 0 Å². The van der Waals surface area contributed by atoms with E-state index in [1.807, 2.05) is 0 Å². The number of pyridine rings is 1. The third kappa shape index (κ3) is 1.89. The topological polar surface area (TPSA) is 91.2 Å². The molecule has 4 N–H and O–H groups in total. The van der Waals surface area contributed by atoms with Gasteiger partial charge in [-0.25, -0.2) is 0 Å². The minimum atomic E-state index is -0.617. The molecule has 5 nitrogen and oxygen atoms in total. The SMILES string of the molecule is COc1nc(N)c(C(N)=O)cc1Br. The zero-order valence-electron chi connectivity index (χ0n) is 6.87. The molecule has 70 valence electrons. The van der Waals surface area contributed by atoms with E-state index < -0.39 is 5.91 Å². The molecule has 13 heavy (non-hydrogen) atoms. The number of hydrogen-bond donors (Lipinski definition) is 2. The number of ether oxygens (including phenoxy) is 1. The van der Waals surface area contributed by atoms with E-state index in [1.54, 1.807) is 0 Å². The Hall–Kier alpha value is -1.30. The van der Waals surface area contributed by atoms with Gasteiger partial charge in [-0.2, -0.15) is 4.98 Å². The van der Waals surface area contributed by atoms with Gasteiger partial charge < -0.3 is 16.2 Å². The zero-order chi connectivity index (χ0) is 10.0. The lowest BCUT2D eigenvalue weighted by Gasteiger charge is -2.05. The van der Waals surface area contributed by atoms with Crippen LogP contribution in [0.2, 0.25) is 0 Å². The van der Waals surface area contributed by atoms with E-state index in [2.05, 4.69) is 20.9 Å². The molecule has 0 radical (unpaired) electrons. The maximum atomic E-state index is 10.8. The molecular weight excluding hydrogens is 238 g/mol. The molecule has 1 aromatic rings. The van der Waals surface area contributed by atoms with Crippen molar-refractivity contribution in [2.45, 2.75) is 0 Å². The van der Waals surface area contributed by atoms with Crippen LogP contribution in [0.5, 0.6) is 5.88 Å². The summed E-state index contributed by atoms with van der Waals surface area (Å²) in [5, 5.41) is 0. The van der Waals surface area contributed by atoms with Crippen molar-refractivity contribution in [3.8, 4) is 5.88 Å². The quantitative estimate of drug-likeness (QED) is 0.796. The Morgan fingerprint density at radius 1 is 1.69 bits per heavy atom. The molecule has 6 heteroatoms. The fourth-order valence-corrected chi connectivity index (χ4v) is 1.31. The van der Waals surface area contributed by atoms with Crippen LogP contribution in [0.3, 0.4) is 0 Å². The Balaban J connectivity index is 3.28. The van der Waals surface area contributed by atoms with Crippen molar-refractivity contribution in [3.05, 3.63) is 16.1 Å². The molecule has 0 spiro atoms. The van der Waals surface area contributed by atoms with Crippen LogP contribution in [0.4, 0.5) is 5.82 Å². The highest BCUT2D eigenvalue weighted by Crippen LogP contribution is 2.25. The zero-order valence-corrected chi connectivity index (χ0v) is 8.46. The summed E-state index contributed by atoms with van der Waals surface area (Å²) >= 11 is 3.16. The van der Waals surface area contributed by atoms with Crippen LogP contribution in [0.15, 0.2) is 10.5 Å². The number of rotatable bonds is 2. The smallest absolute Gasteiger partial charge is 0.252 e. The molecular formula is C7H8BrN3O2. The molecule has 1 amide bonds. The molecule has 0 atom stereocenters. The van der Waals surface area contributed by atoms with Crippen LogP contribution in [0.1, 0.15) is 10.4 Å². The molecule has 0 aliphatic carbocycles. The number of primary amides is 1. The van der Waals surface area contributed by atoms with Crippen LogP contribution >= 0.6 is 15.9 Å². The summed E-state index contributed by atoms with van der Waals surface area (Å²) in [6.45, 7) is 0. The number of nitrogens with two attached hydrogens (primary N) is 2. The van der Waals surface area contributed by atoms with Gasteiger partial charge in [-0.15, -0.1) is 0 Å². The lowest BCUT2D eigenvalue weighted by atomic mass is 10.2. The van der Waals surface area contributed by atoms with Gasteiger partial charge in [0, 0.05) is 0 Å². The van der Waals surface area contributed by atoms with Crippen LogP contribution in [-0.4, -0.2) is 18.0 Å². The molecule has 1 aromatic heterocycles. The second-order valence-electron chi connectivity index (χ2n) is 2.28. The predicted octanol–water partition coefficient (Wildman–Crippen LogP) is 0.534. The maximum absolute atomic E-state index is 10.8.